The molecule has 10 nitrogen and oxygen atoms in total. The molecule has 3 atom stereocenters. The molecular formula is C21H22N4O6S. The molecule has 32 heavy (non-hydrogen) atoms. The lowest BCUT2D eigenvalue weighted by Crippen LogP contribution is -2.71. The summed E-state index contributed by atoms with van der Waals surface area (Å²) in [6.45, 7) is 1.53. The number of aliphatic carboxylic acids is 1. The second-order valence-electron chi connectivity index (χ2n) is 7.43. The highest BCUT2D eigenvalue weighted by Crippen LogP contribution is 2.40. The minimum atomic E-state index is -1.27. The molecule has 11 heteroatoms. The number of β-lactam (4-membered cyclic amide) rings is 1. The molecule has 1 aromatic carbocycles. The highest BCUT2D eigenvalue weighted by atomic mass is 32.2. The summed E-state index contributed by atoms with van der Waals surface area (Å²) in [6, 6.07) is 8.34. The van der Waals surface area contributed by atoms with Crippen molar-refractivity contribution in [2.75, 3.05) is 19.0 Å². The van der Waals surface area contributed by atoms with E-state index in [9.17, 15) is 24.3 Å². The Hall–Kier alpha value is -3.47. The maximum absolute atomic E-state index is 13.2. The van der Waals surface area contributed by atoms with Crippen molar-refractivity contribution in [1.29, 1.82) is 0 Å². The fourth-order valence-corrected chi connectivity index (χ4v) is 5.22. The number of nitrogens with zero attached hydrogens (tertiary/aromatic N) is 1. The Morgan fingerprint density at radius 1 is 1.31 bits per heavy atom. The number of nitrogens with one attached hydrogen (secondary N) is 3. The van der Waals surface area contributed by atoms with E-state index in [1.54, 1.807) is 6.20 Å². The van der Waals surface area contributed by atoms with Gasteiger partial charge in [0.25, 0.3) is 5.91 Å². The van der Waals surface area contributed by atoms with Gasteiger partial charge in [0.15, 0.2) is 0 Å². The van der Waals surface area contributed by atoms with Gasteiger partial charge in [0.05, 0.1) is 6.67 Å². The number of rotatable bonds is 7. The number of amides is 2. The summed E-state index contributed by atoms with van der Waals surface area (Å²) < 4.78 is 4.93. The van der Waals surface area contributed by atoms with Crippen molar-refractivity contribution < 1.29 is 29.0 Å². The van der Waals surface area contributed by atoms with Crippen LogP contribution in [0.5, 0.6) is 0 Å². The third kappa shape index (κ3) is 4.03. The largest absolute Gasteiger partial charge is 0.477 e. The third-order valence-corrected chi connectivity index (χ3v) is 6.70. The van der Waals surface area contributed by atoms with Crippen LogP contribution in [0, 0.1) is 0 Å². The summed E-state index contributed by atoms with van der Waals surface area (Å²) in [4.78, 5) is 50.2. The van der Waals surface area contributed by atoms with Crippen LogP contribution in [0.25, 0.3) is 0 Å². The number of esters is 1. The van der Waals surface area contributed by atoms with Crippen LogP contribution < -0.4 is 16.0 Å². The number of benzene rings is 1. The number of hydrogen-bond acceptors (Lipinski definition) is 8. The predicted molar refractivity (Wildman–Crippen MR) is 115 cm³/mol. The lowest BCUT2D eigenvalue weighted by atomic mass is 9.93. The van der Waals surface area contributed by atoms with E-state index in [1.807, 2.05) is 30.3 Å². The first-order valence-electron chi connectivity index (χ1n) is 9.94. The molecule has 3 aliphatic rings. The van der Waals surface area contributed by atoms with E-state index in [-0.39, 0.29) is 24.0 Å². The summed E-state index contributed by atoms with van der Waals surface area (Å²) in [5, 5.41) is 18.1. The van der Waals surface area contributed by atoms with E-state index in [0.29, 0.717) is 17.9 Å². The van der Waals surface area contributed by atoms with Gasteiger partial charge >= 0.3 is 11.9 Å². The molecule has 0 bridgehead atoms. The van der Waals surface area contributed by atoms with Crippen molar-refractivity contribution in [2.24, 2.45) is 0 Å². The zero-order chi connectivity index (χ0) is 22.8. The maximum Gasteiger partial charge on any atom is 0.352 e. The monoisotopic (exact) mass is 458 g/mol. The minimum Gasteiger partial charge on any atom is -0.477 e. The van der Waals surface area contributed by atoms with Gasteiger partial charge in [0.2, 0.25) is 5.91 Å². The van der Waals surface area contributed by atoms with Crippen molar-refractivity contribution in [1.82, 2.24) is 20.9 Å². The molecule has 1 fully saturated rings. The average molecular weight is 458 g/mol. The molecule has 4 rings (SSSR count). The van der Waals surface area contributed by atoms with Crippen LogP contribution in [0.1, 0.15) is 18.4 Å². The van der Waals surface area contributed by atoms with Crippen molar-refractivity contribution in [2.45, 2.75) is 24.3 Å². The zero-order valence-corrected chi connectivity index (χ0v) is 18.0. The van der Waals surface area contributed by atoms with Crippen LogP contribution in [0.15, 0.2) is 53.5 Å². The molecule has 0 aromatic heterocycles. The maximum atomic E-state index is 13.2. The van der Waals surface area contributed by atoms with Crippen molar-refractivity contribution in [3.8, 4) is 0 Å². The Bertz CT molecular complexity index is 1020. The molecular weight excluding hydrogens is 436 g/mol. The first-order chi connectivity index (χ1) is 15.4. The van der Waals surface area contributed by atoms with Gasteiger partial charge in [-0.2, -0.15) is 0 Å². The molecule has 0 saturated carbocycles. The quantitative estimate of drug-likeness (QED) is 0.330. The van der Waals surface area contributed by atoms with Crippen molar-refractivity contribution >= 4 is 35.5 Å². The summed E-state index contributed by atoms with van der Waals surface area (Å²) in [6.07, 6.45) is 1.73. The standard InChI is InChI=1S/C21H22N4O6S/c1-11(26)31-8-13-9-32-20-16(19(28)25(20)17(13)21(29)30)24-18(27)15(14-7-22-10-23-14)12-5-3-2-4-6-12/h2-7,15-16,20,22-23H,8-10H2,1H3,(H,24,27)(H,29,30)/t15?,16-,20-/m1/s1. The number of carbonyl (C=O) groups is 4. The average Bonchev–Trinajstić information content (AvgIpc) is 3.30. The predicted octanol–water partition coefficient (Wildman–Crippen LogP) is 0.0636. The molecule has 1 unspecified atom stereocenters. The first-order valence-corrected chi connectivity index (χ1v) is 11.0. The van der Waals surface area contributed by atoms with Gasteiger partial charge < -0.3 is 25.8 Å². The molecule has 168 valence electrons. The van der Waals surface area contributed by atoms with E-state index in [4.69, 9.17) is 4.74 Å². The Balaban J connectivity index is 1.53. The van der Waals surface area contributed by atoms with Gasteiger partial charge in [-0.15, -0.1) is 11.8 Å². The number of carboxylic acid groups (broad SMARTS) is 1. The van der Waals surface area contributed by atoms with E-state index < -0.39 is 35.2 Å². The topological polar surface area (TPSA) is 137 Å². The molecule has 4 N–H and O–H groups in total. The van der Waals surface area contributed by atoms with Crippen LogP contribution in [0.2, 0.25) is 0 Å². The summed E-state index contributed by atoms with van der Waals surface area (Å²) in [7, 11) is 0. The highest BCUT2D eigenvalue weighted by molar-refractivity contribution is 8.00. The van der Waals surface area contributed by atoms with Gasteiger partial charge in [-0.1, -0.05) is 30.3 Å². The number of carboxylic acids is 1. The van der Waals surface area contributed by atoms with Crippen LogP contribution in [-0.4, -0.2) is 64.2 Å². The first kappa shape index (κ1) is 21.8. The summed E-state index contributed by atoms with van der Waals surface area (Å²) in [5.74, 6) is -3.05. The number of hydrogen-bond donors (Lipinski definition) is 4. The van der Waals surface area contributed by atoms with Gasteiger partial charge in [-0.05, 0) is 5.56 Å². The number of ether oxygens (including phenoxy) is 1. The van der Waals surface area contributed by atoms with Gasteiger partial charge in [-0.25, -0.2) is 4.79 Å². The molecule has 0 radical (unpaired) electrons. The number of thioether (sulfide) groups is 1. The number of fused-ring (bicyclic) bond motifs is 1. The zero-order valence-electron chi connectivity index (χ0n) is 17.2. The Labute approximate surface area is 188 Å². The molecule has 0 spiro atoms. The fraction of sp³-hybridized carbons (Fsp3) is 0.333. The van der Waals surface area contributed by atoms with Gasteiger partial charge in [0, 0.05) is 30.1 Å². The highest BCUT2D eigenvalue weighted by Gasteiger charge is 2.54. The van der Waals surface area contributed by atoms with E-state index in [2.05, 4.69) is 16.0 Å². The SMILES string of the molecule is CC(=O)OCC1=C(C(=O)O)N2C(=O)[C@@H](NC(=O)C(C3=CNCN3)c3ccccc3)[C@H]2SC1. The lowest BCUT2D eigenvalue weighted by Gasteiger charge is -2.49. The minimum absolute atomic E-state index is 0.186. The van der Waals surface area contributed by atoms with Crippen LogP contribution in [0.4, 0.5) is 0 Å². The van der Waals surface area contributed by atoms with Crippen molar-refractivity contribution in [3.05, 3.63) is 59.1 Å². The number of carbonyl (C=O) groups excluding carboxylic acids is 3. The Morgan fingerprint density at radius 2 is 2.06 bits per heavy atom. The molecule has 2 amide bonds. The molecule has 1 saturated heterocycles. The summed E-state index contributed by atoms with van der Waals surface area (Å²) >= 11 is 1.32. The fourth-order valence-electron chi connectivity index (χ4n) is 3.89. The molecule has 3 aliphatic heterocycles. The lowest BCUT2D eigenvalue weighted by molar-refractivity contribution is -0.151. The van der Waals surface area contributed by atoms with E-state index in [1.165, 1.54) is 18.7 Å². The normalized spacial score (nSPS) is 22.6. The molecule has 3 heterocycles. The molecule has 0 aliphatic carbocycles. The van der Waals surface area contributed by atoms with Gasteiger partial charge in [-0.3, -0.25) is 19.3 Å². The third-order valence-electron chi connectivity index (χ3n) is 5.36. The van der Waals surface area contributed by atoms with Gasteiger partial charge in [0.1, 0.15) is 29.6 Å². The second kappa shape index (κ2) is 8.95. The Morgan fingerprint density at radius 3 is 2.69 bits per heavy atom. The molecule has 1 aromatic rings. The summed E-state index contributed by atoms with van der Waals surface area (Å²) in [5.41, 5.74) is 1.61. The van der Waals surface area contributed by atoms with Crippen LogP contribution in [0.3, 0.4) is 0 Å². The second-order valence-corrected chi connectivity index (χ2v) is 8.54. The van der Waals surface area contributed by atoms with Crippen LogP contribution in [-0.2, 0) is 23.9 Å². The van der Waals surface area contributed by atoms with E-state index >= 15 is 0 Å². The van der Waals surface area contributed by atoms with Crippen molar-refractivity contribution in [3.63, 3.8) is 0 Å². The Kier molecular flexibility index (Phi) is 6.08. The smallest absolute Gasteiger partial charge is 0.352 e. The van der Waals surface area contributed by atoms with Crippen LogP contribution >= 0.6 is 11.8 Å². The van der Waals surface area contributed by atoms with E-state index in [0.717, 1.165) is 10.5 Å².